The first kappa shape index (κ1) is 15.2. The molecule has 23 heavy (non-hydrogen) atoms. The minimum atomic E-state index is -0.0765. The molecule has 0 spiro atoms. The first-order valence-corrected chi connectivity index (χ1v) is 7.66. The standard InChI is InChI=1S/C19H20N2O2/c1-13-3-8-17-15(11-13)12-18(21-17)19(22)20-10-9-14-4-6-16(23-2)7-5-14/h3-8,11-12,21H,9-10H2,1-2H3,(H,20,22). The lowest BCUT2D eigenvalue weighted by atomic mass is 10.1. The number of hydrogen-bond donors (Lipinski definition) is 2. The van der Waals surface area contributed by atoms with Crippen LogP contribution in [0.25, 0.3) is 10.9 Å². The molecule has 0 atom stereocenters. The van der Waals surface area contributed by atoms with Crippen molar-refractivity contribution in [2.75, 3.05) is 13.7 Å². The molecule has 1 heterocycles. The molecule has 0 radical (unpaired) electrons. The van der Waals surface area contributed by atoms with Crippen LogP contribution in [0.15, 0.2) is 48.5 Å². The monoisotopic (exact) mass is 308 g/mol. The Labute approximate surface area is 135 Å². The van der Waals surface area contributed by atoms with Crippen molar-refractivity contribution in [3.8, 4) is 5.75 Å². The molecule has 4 nitrogen and oxygen atoms in total. The van der Waals surface area contributed by atoms with Crippen LogP contribution < -0.4 is 10.1 Å². The number of rotatable bonds is 5. The van der Waals surface area contributed by atoms with Gasteiger partial charge in [-0.15, -0.1) is 0 Å². The van der Waals surface area contributed by atoms with Gasteiger partial charge in [0.15, 0.2) is 0 Å². The van der Waals surface area contributed by atoms with E-state index in [1.807, 2.05) is 49.4 Å². The molecular formula is C19H20N2O2. The lowest BCUT2D eigenvalue weighted by Gasteiger charge is -2.05. The number of carbonyl (C=O) groups excluding carboxylic acids is 1. The zero-order valence-corrected chi connectivity index (χ0v) is 13.3. The van der Waals surface area contributed by atoms with Gasteiger partial charge in [0.2, 0.25) is 0 Å². The number of fused-ring (bicyclic) bond motifs is 1. The summed E-state index contributed by atoms with van der Waals surface area (Å²) in [6.07, 6.45) is 0.787. The summed E-state index contributed by atoms with van der Waals surface area (Å²) in [4.78, 5) is 15.4. The molecule has 0 fully saturated rings. The fourth-order valence-electron chi connectivity index (χ4n) is 2.58. The minimum Gasteiger partial charge on any atom is -0.497 e. The number of amides is 1. The highest BCUT2D eigenvalue weighted by atomic mass is 16.5. The van der Waals surface area contributed by atoms with E-state index in [0.29, 0.717) is 12.2 Å². The smallest absolute Gasteiger partial charge is 0.267 e. The van der Waals surface area contributed by atoms with Crippen molar-refractivity contribution < 1.29 is 9.53 Å². The maximum Gasteiger partial charge on any atom is 0.267 e. The Morgan fingerprint density at radius 1 is 1.13 bits per heavy atom. The Hall–Kier alpha value is -2.75. The summed E-state index contributed by atoms with van der Waals surface area (Å²) in [7, 11) is 1.65. The number of H-pyrrole nitrogens is 1. The van der Waals surface area contributed by atoms with Gasteiger partial charge in [0.05, 0.1) is 7.11 Å². The summed E-state index contributed by atoms with van der Waals surface area (Å²) in [5, 5.41) is 4.01. The van der Waals surface area contributed by atoms with E-state index in [2.05, 4.69) is 16.4 Å². The molecule has 0 aliphatic heterocycles. The number of aryl methyl sites for hydroxylation is 1. The molecule has 3 rings (SSSR count). The highest BCUT2D eigenvalue weighted by molar-refractivity contribution is 5.98. The highest BCUT2D eigenvalue weighted by Gasteiger charge is 2.09. The molecule has 1 amide bonds. The highest BCUT2D eigenvalue weighted by Crippen LogP contribution is 2.17. The minimum absolute atomic E-state index is 0.0765. The summed E-state index contributed by atoms with van der Waals surface area (Å²) in [5.74, 6) is 0.763. The number of nitrogens with one attached hydrogen (secondary N) is 2. The number of hydrogen-bond acceptors (Lipinski definition) is 2. The van der Waals surface area contributed by atoms with Crippen LogP contribution in [0, 0.1) is 6.92 Å². The molecule has 118 valence electrons. The Kier molecular flexibility index (Phi) is 4.33. The molecule has 2 N–H and O–H groups in total. The van der Waals surface area contributed by atoms with Crippen molar-refractivity contribution >= 4 is 16.8 Å². The van der Waals surface area contributed by atoms with E-state index in [0.717, 1.165) is 23.1 Å². The number of aromatic nitrogens is 1. The van der Waals surface area contributed by atoms with Crippen molar-refractivity contribution in [1.82, 2.24) is 10.3 Å². The van der Waals surface area contributed by atoms with Crippen LogP contribution in [0.1, 0.15) is 21.6 Å². The summed E-state index contributed by atoms with van der Waals surface area (Å²) in [6, 6.07) is 15.9. The van der Waals surface area contributed by atoms with Crippen molar-refractivity contribution in [3.63, 3.8) is 0 Å². The van der Waals surface area contributed by atoms with Crippen molar-refractivity contribution in [1.29, 1.82) is 0 Å². The number of ether oxygens (including phenoxy) is 1. The Morgan fingerprint density at radius 3 is 2.65 bits per heavy atom. The average Bonchev–Trinajstić information content (AvgIpc) is 2.98. The second-order valence-electron chi connectivity index (χ2n) is 5.63. The molecule has 1 aromatic heterocycles. The van der Waals surface area contributed by atoms with Gasteiger partial charge in [-0.1, -0.05) is 23.8 Å². The van der Waals surface area contributed by atoms with E-state index in [1.165, 1.54) is 11.1 Å². The van der Waals surface area contributed by atoms with Crippen molar-refractivity contribution in [2.45, 2.75) is 13.3 Å². The van der Waals surface area contributed by atoms with Crippen LogP contribution in [0.5, 0.6) is 5.75 Å². The second kappa shape index (κ2) is 6.57. The number of benzene rings is 2. The van der Waals surface area contributed by atoms with Crippen molar-refractivity contribution in [3.05, 3.63) is 65.4 Å². The topological polar surface area (TPSA) is 54.1 Å². The van der Waals surface area contributed by atoms with Crippen LogP contribution in [0.3, 0.4) is 0 Å². The SMILES string of the molecule is COc1ccc(CCNC(=O)c2cc3cc(C)ccc3[nH]2)cc1. The first-order chi connectivity index (χ1) is 11.2. The lowest BCUT2D eigenvalue weighted by Crippen LogP contribution is -2.25. The molecule has 0 aliphatic rings. The molecule has 0 aliphatic carbocycles. The van der Waals surface area contributed by atoms with Gasteiger partial charge < -0.3 is 15.0 Å². The maximum absolute atomic E-state index is 12.2. The third kappa shape index (κ3) is 3.54. The number of aromatic amines is 1. The van der Waals surface area contributed by atoms with E-state index >= 15 is 0 Å². The van der Waals surface area contributed by atoms with Gasteiger partial charge in [0.1, 0.15) is 11.4 Å². The normalized spacial score (nSPS) is 10.7. The third-order valence-electron chi connectivity index (χ3n) is 3.88. The molecule has 0 saturated heterocycles. The Morgan fingerprint density at radius 2 is 1.91 bits per heavy atom. The van der Waals surface area contributed by atoms with Gasteiger partial charge in [-0.25, -0.2) is 0 Å². The van der Waals surface area contributed by atoms with E-state index < -0.39 is 0 Å². The van der Waals surface area contributed by atoms with Crippen LogP contribution >= 0.6 is 0 Å². The Balaban J connectivity index is 1.59. The van der Waals surface area contributed by atoms with Crippen molar-refractivity contribution in [2.24, 2.45) is 0 Å². The summed E-state index contributed by atoms with van der Waals surface area (Å²) >= 11 is 0. The Bertz CT molecular complexity index is 819. The van der Waals surface area contributed by atoms with Crippen LogP contribution in [0.4, 0.5) is 0 Å². The van der Waals surface area contributed by atoms with E-state index in [-0.39, 0.29) is 5.91 Å². The molecular weight excluding hydrogens is 288 g/mol. The zero-order valence-electron chi connectivity index (χ0n) is 13.3. The average molecular weight is 308 g/mol. The quantitative estimate of drug-likeness (QED) is 0.758. The molecule has 0 bridgehead atoms. The molecule has 2 aromatic carbocycles. The lowest BCUT2D eigenvalue weighted by molar-refractivity contribution is 0.0950. The maximum atomic E-state index is 12.2. The first-order valence-electron chi connectivity index (χ1n) is 7.66. The molecule has 3 aromatic rings. The number of methoxy groups -OCH3 is 1. The van der Waals surface area contributed by atoms with E-state index in [9.17, 15) is 4.79 Å². The van der Waals surface area contributed by atoms with Gasteiger partial charge >= 0.3 is 0 Å². The number of carbonyl (C=O) groups is 1. The van der Waals surface area contributed by atoms with Crippen LogP contribution in [-0.2, 0) is 6.42 Å². The van der Waals surface area contributed by atoms with Gasteiger partial charge in [0.25, 0.3) is 5.91 Å². The van der Waals surface area contributed by atoms with Gasteiger partial charge in [-0.05, 0) is 49.2 Å². The fraction of sp³-hybridized carbons (Fsp3) is 0.211. The van der Waals surface area contributed by atoms with Gasteiger partial charge in [-0.3, -0.25) is 4.79 Å². The largest absolute Gasteiger partial charge is 0.497 e. The summed E-state index contributed by atoms with van der Waals surface area (Å²) in [5.41, 5.74) is 3.93. The molecule has 4 heteroatoms. The second-order valence-corrected chi connectivity index (χ2v) is 5.63. The van der Waals surface area contributed by atoms with Crippen LogP contribution in [0.2, 0.25) is 0 Å². The van der Waals surface area contributed by atoms with E-state index in [4.69, 9.17) is 4.74 Å². The van der Waals surface area contributed by atoms with Crippen LogP contribution in [-0.4, -0.2) is 24.5 Å². The summed E-state index contributed by atoms with van der Waals surface area (Å²) < 4.78 is 5.13. The zero-order chi connectivity index (χ0) is 16.2. The summed E-state index contributed by atoms with van der Waals surface area (Å²) in [6.45, 7) is 2.64. The van der Waals surface area contributed by atoms with E-state index in [1.54, 1.807) is 7.11 Å². The van der Waals surface area contributed by atoms with Gasteiger partial charge in [0, 0.05) is 17.4 Å². The predicted molar refractivity (Wildman–Crippen MR) is 92.1 cm³/mol. The molecule has 0 saturated carbocycles. The predicted octanol–water partition coefficient (Wildman–Crippen LogP) is 3.46. The molecule has 0 unspecified atom stereocenters. The fourth-order valence-corrected chi connectivity index (χ4v) is 2.58. The van der Waals surface area contributed by atoms with Gasteiger partial charge in [-0.2, -0.15) is 0 Å². The third-order valence-corrected chi connectivity index (χ3v) is 3.88.